The summed E-state index contributed by atoms with van der Waals surface area (Å²) in [7, 11) is 0. The Morgan fingerprint density at radius 2 is 1.83 bits per heavy atom. The van der Waals surface area contributed by atoms with Crippen molar-refractivity contribution in [3.63, 3.8) is 0 Å². The minimum atomic E-state index is -0.504. The summed E-state index contributed by atoms with van der Waals surface area (Å²) < 4.78 is 6.77. The van der Waals surface area contributed by atoms with Crippen LogP contribution in [0.15, 0.2) is 76.8 Å². The van der Waals surface area contributed by atoms with Crippen molar-refractivity contribution in [3.05, 3.63) is 97.9 Å². The van der Waals surface area contributed by atoms with Gasteiger partial charge in [0.2, 0.25) is 0 Å². The van der Waals surface area contributed by atoms with Crippen LogP contribution in [-0.4, -0.2) is 5.91 Å². The molecule has 150 valence electrons. The second-order valence-corrected chi connectivity index (χ2v) is 7.95. The topological polar surface area (TPSA) is 62.1 Å². The molecule has 0 spiro atoms. The number of nitrogens with one attached hydrogen (secondary N) is 1. The standard InChI is InChI=1S/C23H15BrCl2N2O2/c24-18-6-9-20(10-7-18)28-23(29)17(13-27)11-15-3-1-2-4-22(15)30-14-16-5-8-19(25)12-21(16)26/h1-12H,14H2,(H,28,29)/b17-11+. The van der Waals surface area contributed by atoms with Gasteiger partial charge in [0.25, 0.3) is 5.91 Å². The van der Waals surface area contributed by atoms with Gasteiger partial charge in [0.05, 0.1) is 0 Å². The van der Waals surface area contributed by atoms with Crippen LogP contribution in [0, 0.1) is 11.3 Å². The normalized spacial score (nSPS) is 10.9. The van der Waals surface area contributed by atoms with E-state index in [1.165, 1.54) is 6.08 Å². The van der Waals surface area contributed by atoms with Crippen molar-refractivity contribution in [2.45, 2.75) is 6.61 Å². The van der Waals surface area contributed by atoms with Crippen molar-refractivity contribution < 1.29 is 9.53 Å². The van der Waals surface area contributed by atoms with Crippen LogP contribution in [0.2, 0.25) is 10.0 Å². The van der Waals surface area contributed by atoms with E-state index in [2.05, 4.69) is 21.2 Å². The van der Waals surface area contributed by atoms with Crippen LogP contribution in [-0.2, 0) is 11.4 Å². The molecule has 1 amide bonds. The van der Waals surface area contributed by atoms with Gasteiger partial charge in [0.15, 0.2) is 0 Å². The maximum atomic E-state index is 12.5. The Morgan fingerprint density at radius 3 is 2.53 bits per heavy atom. The molecule has 0 aliphatic rings. The quantitative estimate of drug-likeness (QED) is 0.295. The molecule has 0 radical (unpaired) electrons. The van der Waals surface area contributed by atoms with Crippen LogP contribution < -0.4 is 10.1 Å². The molecule has 3 rings (SSSR count). The van der Waals surface area contributed by atoms with Gasteiger partial charge in [-0.25, -0.2) is 0 Å². The highest BCUT2D eigenvalue weighted by Crippen LogP contribution is 2.26. The molecule has 7 heteroatoms. The number of amides is 1. The van der Waals surface area contributed by atoms with E-state index in [1.54, 1.807) is 60.7 Å². The smallest absolute Gasteiger partial charge is 0.266 e. The highest BCUT2D eigenvalue weighted by atomic mass is 79.9. The molecule has 0 saturated heterocycles. The van der Waals surface area contributed by atoms with Gasteiger partial charge >= 0.3 is 0 Å². The third-order valence-corrected chi connectivity index (χ3v) is 5.20. The van der Waals surface area contributed by atoms with E-state index in [1.807, 2.05) is 12.1 Å². The fourth-order valence-corrected chi connectivity index (χ4v) is 3.29. The minimum absolute atomic E-state index is 0.0431. The molecule has 3 aromatic carbocycles. The number of nitriles is 1. The van der Waals surface area contributed by atoms with Gasteiger partial charge in [0.1, 0.15) is 24.0 Å². The zero-order valence-corrected chi connectivity index (χ0v) is 18.6. The molecule has 4 nitrogen and oxygen atoms in total. The summed E-state index contributed by atoms with van der Waals surface area (Å²) in [6.07, 6.45) is 1.49. The average Bonchev–Trinajstić information content (AvgIpc) is 2.73. The Balaban J connectivity index is 1.78. The molecule has 0 bridgehead atoms. The minimum Gasteiger partial charge on any atom is -0.488 e. The summed E-state index contributed by atoms with van der Waals surface area (Å²) in [5.41, 5.74) is 1.92. The molecule has 30 heavy (non-hydrogen) atoms. The molecule has 0 heterocycles. The molecular formula is C23H15BrCl2N2O2. The molecule has 1 N–H and O–H groups in total. The predicted molar refractivity (Wildman–Crippen MR) is 124 cm³/mol. The lowest BCUT2D eigenvalue weighted by molar-refractivity contribution is -0.112. The van der Waals surface area contributed by atoms with E-state index in [9.17, 15) is 10.1 Å². The molecule has 0 saturated carbocycles. The highest BCUT2D eigenvalue weighted by molar-refractivity contribution is 9.10. The van der Waals surface area contributed by atoms with E-state index < -0.39 is 5.91 Å². The monoisotopic (exact) mass is 500 g/mol. The van der Waals surface area contributed by atoms with Gasteiger partial charge in [-0.05, 0) is 48.5 Å². The summed E-state index contributed by atoms with van der Waals surface area (Å²) in [5, 5.41) is 13.2. The molecule has 0 fully saturated rings. The van der Waals surface area contributed by atoms with Gasteiger partial charge in [-0.2, -0.15) is 5.26 Å². The van der Waals surface area contributed by atoms with Crippen LogP contribution in [0.4, 0.5) is 5.69 Å². The van der Waals surface area contributed by atoms with Crippen LogP contribution in [0.1, 0.15) is 11.1 Å². The second kappa shape index (κ2) is 10.3. The van der Waals surface area contributed by atoms with Crippen molar-refractivity contribution in [1.82, 2.24) is 0 Å². The van der Waals surface area contributed by atoms with Crippen molar-refractivity contribution in [2.75, 3.05) is 5.32 Å². The summed E-state index contributed by atoms with van der Waals surface area (Å²) in [4.78, 5) is 12.5. The number of benzene rings is 3. The molecule has 0 aromatic heterocycles. The number of ether oxygens (including phenoxy) is 1. The first-order chi connectivity index (χ1) is 14.5. The predicted octanol–water partition coefficient (Wildman–Crippen LogP) is 6.88. The maximum absolute atomic E-state index is 12.5. The number of carbonyl (C=O) groups excluding carboxylic acids is 1. The van der Waals surface area contributed by atoms with Gasteiger partial charge < -0.3 is 10.1 Å². The molecule has 3 aromatic rings. The Labute approximate surface area is 192 Å². The first-order valence-electron chi connectivity index (χ1n) is 8.81. The summed E-state index contributed by atoms with van der Waals surface area (Å²) in [6, 6.07) is 21.3. The largest absolute Gasteiger partial charge is 0.488 e. The van der Waals surface area contributed by atoms with Crippen molar-refractivity contribution >= 4 is 56.8 Å². The fourth-order valence-electron chi connectivity index (χ4n) is 2.56. The van der Waals surface area contributed by atoms with Crippen molar-refractivity contribution in [2.24, 2.45) is 0 Å². The van der Waals surface area contributed by atoms with Gasteiger partial charge in [-0.15, -0.1) is 0 Å². The van der Waals surface area contributed by atoms with Gasteiger partial charge in [-0.3, -0.25) is 4.79 Å². The number of halogens is 3. The summed E-state index contributed by atoms with van der Waals surface area (Å²) in [6.45, 7) is 0.216. The Morgan fingerprint density at radius 1 is 1.10 bits per heavy atom. The Hall–Kier alpha value is -2.78. The second-order valence-electron chi connectivity index (χ2n) is 6.19. The third kappa shape index (κ3) is 5.87. The Bertz CT molecular complexity index is 1140. The third-order valence-electron chi connectivity index (χ3n) is 4.08. The number of rotatable bonds is 6. The molecular weight excluding hydrogens is 487 g/mol. The lowest BCUT2D eigenvalue weighted by Gasteiger charge is -2.11. The van der Waals surface area contributed by atoms with Gasteiger partial charge in [0, 0.05) is 31.3 Å². The van der Waals surface area contributed by atoms with Crippen LogP contribution in [0.5, 0.6) is 5.75 Å². The number of hydrogen-bond donors (Lipinski definition) is 1. The van der Waals surface area contributed by atoms with Crippen molar-refractivity contribution in [1.29, 1.82) is 5.26 Å². The number of carbonyl (C=O) groups is 1. The van der Waals surface area contributed by atoms with E-state index in [-0.39, 0.29) is 12.2 Å². The zero-order valence-electron chi connectivity index (χ0n) is 15.5. The van der Waals surface area contributed by atoms with Crippen LogP contribution in [0.25, 0.3) is 6.08 Å². The van der Waals surface area contributed by atoms with E-state index in [0.29, 0.717) is 27.0 Å². The SMILES string of the molecule is N#C/C(=C\c1ccccc1OCc1ccc(Cl)cc1Cl)C(=O)Nc1ccc(Br)cc1. The summed E-state index contributed by atoms with van der Waals surface area (Å²) >= 11 is 15.5. The van der Waals surface area contributed by atoms with Crippen LogP contribution in [0.3, 0.4) is 0 Å². The maximum Gasteiger partial charge on any atom is 0.266 e. The molecule has 0 aliphatic heterocycles. The number of nitrogens with zero attached hydrogens (tertiary/aromatic N) is 1. The zero-order chi connectivity index (χ0) is 21.5. The first-order valence-corrected chi connectivity index (χ1v) is 10.4. The van der Waals surface area contributed by atoms with Crippen molar-refractivity contribution in [3.8, 4) is 11.8 Å². The first kappa shape index (κ1) is 21.9. The van der Waals surface area contributed by atoms with E-state index in [4.69, 9.17) is 27.9 Å². The molecule has 0 atom stereocenters. The number of para-hydroxylation sites is 1. The number of hydrogen-bond acceptors (Lipinski definition) is 3. The lowest BCUT2D eigenvalue weighted by atomic mass is 10.1. The lowest BCUT2D eigenvalue weighted by Crippen LogP contribution is -2.13. The fraction of sp³-hybridized carbons (Fsp3) is 0.0435. The molecule has 0 unspecified atom stereocenters. The Kier molecular flexibility index (Phi) is 7.53. The van der Waals surface area contributed by atoms with Gasteiger partial charge in [-0.1, -0.05) is 63.4 Å². The van der Waals surface area contributed by atoms with E-state index in [0.717, 1.165) is 10.0 Å². The summed E-state index contributed by atoms with van der Waals surface area (Å²) in [5.74, 6) is 0.0167. The van der Waals surface area contributed by atoms with Crippen LogP contribution >= 0.6 is 39.1 Å². The highest BCUT2D eigenvalue weighted by Gasteiger charge is 2.12. The number of anilines is 1. The van der Waals surface area contributed by atoms with E-state index >= 15 is 0 Å². The average molecular weight is 502 g/mol. The molecule has 0 aliphatic carbocycles.